The lowest BCUT2D eigenvalue weighted by atomic mass is 10.0. The highest BCUT2D eigenvalue weighted by molar-refractivity contribution is 7.78. The summed E-state index contributed by atoms with van der Waals surface area (Å²) in [6, 6.07) is 12.7. The molecule has 0 saturated heterocycles. The van der Waals surface area contributed by atoms with Crippen molar-refractivity contribution >= 4 is 29.1 Å². The van der Waals surface area contributed by atoms with Crippen molar-refractivity contribution in [2.75, 3.05) is 44.7 Å². The quantitative estimate of drug-likeness (QED) is 0.796. The first kappa shape index (κ1) is 15.2. The monoisotopic (exact) mass is 314 g/mol. The zero-order chi connectivity index (χ0) is 16.1. The Bertz CT molecular complexity index is 719. The van der Waals surface area contributed by atoms with Gasteiger partial charge in [-0.15, -0.1) is 0 Å². The average molecular weight is 314 g/mol. The normalized spacial score (nSPS) is 15.0. The minimum atomic E-state index is -2.55. The molecule has 0 aliphatic carbocycles. The molecule has 0 saturated carbocycles. The molecule has 0 N–H and O–H groups in total. The van der Waals surface area contributed by atoms with Crippen molar-refractivity contribution in [3.63, 3.8) is 0 Å². The maximum atomic E-state index is 13.6. The van der Waals surface area contributed by atoms with E-state index >= 15 is 0 Å². The lowest BCUT2D eigenvalue weighted by Crippen LogP contribution is -2.29. The van der Waals surface area contributed by atoms with Crippen LogP contribution in [0, 0.1) is 0 Å². The van der Waals surface area contributed by atoms with Gasteiger partial charge in [0.05, 0.1) is 0 Å². The highest BCUT2D eigenvalue weighted by atomic mass is 31.2. The first-order valence-corrected chi connectivity index (χ1v) is 9.65. The van der Waals surface area contributed by atoms with E-state index < -0.39 is 7.14 Å². The summed E-state index contributed by atoms with van der Waals surface area (Å²) < 4.78 is 13.6. The van der Waals surface area contributed by atoms with Crippen molar-refractivity contribution in [1.29, 1.82) is 0 Å². The molecule has 1 aliphatic heterocycles. The zero-order valence-corrected chi connectivity index (χ0v) is 14.8. The first-order valence-electron chi connectivity index (χ1n) is 7.50. The van der Waals surface area contributed by atoms with E-state index in [0.29, 0.717) is 0 Å². The van der Waals surface area contributed by atoms with Gasteiger partial charge in [-0.05, 0) is 48.5 Å². The van der Waals surface area contributed by atoms with Crippen LogP contribution in [-0.4, -0.2) is 34.9 Å². The van der Waals surface area contributed by atoms with Crippen LogP contribution in [-0.2, 0) is 11.0 Å². The molecule has 116 valence electrons. The van der Waals surface area contributed by atoms with Crippen LogP contribution in [0.3, 0.4) is 0 Å². The molecule has 1 aliphatic rings. The van der Waals surface area contributed by atoms with Crippen molar-refractivity contribution in [2.45, 2.75) is 6.42 Å². The Hall–Kier alpha value is -1.73. The number of nitrogens with zero attached hydrogens (tertiary/aromatic N) is 2. The molecular weight excluding hydrogens is 291 g/mol. The first-order chi connectivity index (χ1) is 10.3. The molecular formula is C18H23N2OP. The van der Waals surface area contributed by atoms with Gasteiger partial charge in [0.25, 0.3) is 0 Å². The highest BCUT2D eigenvalue weighted by Gasteiger charge is 2.32. The predicted molar refractivity (Wildman–Crippen MR) is 97.1 cm³/mol. The minimum absolute atomic E-state index is 0.865. The largest absolute Gasteiger partial charge is 0.378 e. The van der Waals surface area contributed by atoms with Crippen molar-refractivity contribution in [2.24, 2.45) is 0 Å². The molecule has 0 unspecified atom stereocenters. The molecule has 0 fully saturated rings. The SMILES string of the molecule is CN(C)c1ccc2c(c1)P(C)(=O)c1cc(N(C)C)ccc1C2. The second kappa shape index (κ2) is 5.17. The maximum Gasteiger partial charge on any atom is 0.141 e. The van der Waals surface area contributed by atoms with Gasteiger partial charge in [0.15, 0.2) is 0 Å². The second-order valence-electron chi connectivity index (χ2n) is 6.52. The number of hydrogen-bond donors (Lipinski definition) is 0. The average Bonchev–Trinajstić information content (AvgIpc) is 2.46. The number of fused-ring (bicyclic) bond motifs is 2. The maximum absolute atomic E-state index is 13.6. The Morgan fingerprint density at radius 3 is 1.59 bits per heavy atom. The van der Waals surface area contributed by atoms with Crippen LogP contribution in [0.2, 0.25) is 0 Å². The van der Waals surface area contributed by atoms with Crippen LogP contribution in [0.5, 0.6) is 0 Å². The smallest absolute Gasteiger partial charge is 0.141 e. The third kappa shape index (κ3) is 2.34. The molecule has 0 radical (unpaired) electrons. The van der Waals surface area contributed by atoms with E-state index in [1.165, 1.54) is 11.1 Å². The number of benzene rings is 2. The summed E-state index contributed by atoms with van der Waals surface area (Å²) in [7, 11) is 5.52. The fourth-order valence-electron chi connectivity index (χ4n) is 3.09. The molecule has 0 atom stereocenters. The van der Waals surface area contributed by atoms with Gasteiger partial charge in [0.1, 0.15) is 7.14 Å². The van der Waals surface area contributed by atoms with Gasteiger partial charge in [0.2, 0.25) is 0 Å². The molecule has 1 heterocycles. The molecule has 3 nitrogen and oxygen atoms in total. The lowest BCUT2D eigenvalue weighted by Gasteiger charge is -2.29. The van der Waals surface area contributed by atoms with Gasteiger partial charge < -0.3 is 14.4 Å². The Balaban J connectivity index is 2.19. The molecule has 2 aromatic rings. The Kier molecular flexibility index (Phi) is 3.57. The van der Waals surface area contributed by atoms with Crippen LogP contribution in [0.1, 0.15) is 11.1 Å². The van der Waals surface area contributed by atoms with E-state index in [1.807, 2.05) is 34.9 Å². The topological polar surface area (TPSA) is 23.6 Å². The molecule has 2 aromatic carbocycles. The molecule has 0 amide bonds. The van der Waals surface area contributed by atoms with Crippen LogP contribution < -0.4 is 20.4 Å². The second-order valence-corrected chi connectivity index (χ2v) is 9.33. The van der Waals surface area contributed by atoms with Gasteiger partial charge in [-0.1, -0.05) is 12.1 Å². The van der Waals surface area contributed by atoms with Gasteiger partial charge >= 0.3 is 0 Å². The van der Waals surface area contributed by atoms with E-state index in [1.54, 1.807) is 0 Å². The molecule has 22 heavy (non-hydrogen) atoms. The van der Waals surface area contributed by atoms with E-state index in [0.717, 1.165) is 28.4 Å². The molecule has 4 heteroatoms. The Morgan fingerprint density at radius 2 is 1.23 bits per heavy atom. The standard InChI is InChI=1S/C18H23N2OP/c1-19(2)15-8-6-13-10-14-7-9-16(20(3)4)12-18(14)22(5,21)17(13)11-15/h6-9,11-12H,10H2,1-5H3. The Morgan fingerprint density at radius 1 is 0.818 bits per heavy atom. The van der Waals surface area contributed by atoms with Gasteiger partial charge in [-0.3, -0.25) is 0 Å². The summed E-state index contributed by atoms with van der Waals surface area (Å²) in [5.41, 5.74) is 4.60. The third-order valence-corrected chi connectivity index (χ3v) is 7.14. The molecule has 0 spiro atoms. The minimum Gasteiger partial charge on any atom is -0.378 e. The third-order valence-electron chi connectivity index (χ3n) is 4.47. The lowest BCUT2D eigenvalue weighted by molar-refractivity contribution is 0.590. The fourth-order valence-corrected chi connectivity index (χ4v) is 5.51. The van der Waals surface area contributed by atoms with Crippen LogP contribution >= 0.6 is 7.14 Å². The van der Waals surface area contributed by atoms with E-state index in [2.05, 4.69) is 46.2 Å². The summed E-state index contributed by atoms with van der Waals surface area (Å²) in [6.45, 7) is 1.91. The summed E-state index contributed by atoms with van der Waals surface area (Å²) in [5, 5.41) is 2.03. The van der Waals surface area contributed by atoms with Crippen molar-refractivity contribution < 1.29 is 4.57 Å². The van der Waals surface area contributed by atoms with Gasteiger partial charge in [0, 0.05) is 50.2 Å². The van der Waals surface area contributed by atoms with E-state index in [-0.39, 0.29) is 0 Å². The van der Waals surface area contributed by atoms with E-state index in [4.69, 9.17) is 0 Å². The van der Waals surface area contributed by atoms with Crippen LogP contribution in [0.4, 0.5) is 11.4 Å². The molecule has 0 bridgehead atoms. The summed E-state index contributed by atoms with van der Waals surface area (Å²) >= 11 is 0. The fraction of sp³-hybridized carbons (Fsp3) is 0.333. The van der Waals surface area contributed by atoms with Gasteiger partial charge in [-0.25, -0.2) is 0 Å². The number of anilines is 2. The summed E-state index contributed by atoms with van der Waals surface area (Å²) in [6.07, 6.45) is 0.865. The predicted octanol–water partition coefficient (Wildman–Crippen LogP) is 2.67. The van der Waals surface area contributed by atoms with Crippen molar-refractivity contribution in [3.05, 3.63) is 47.5 Å². The molecule has 0 aromatic heterocycles. The van der Waals surface area contributed by atoms with Crippen LogP contribution in [0.25, 0.3) is 0 Å². The van der Waals surface area contributed by atoms with E-state index in [9.17, 15) is 4.57 Å². The number of hydrogen-bond acceptors (Lipinski definition) is 3. The van der Waals surface area contributed by atoms with Gasteiger partial charge in [-0.2, -0.15) is 0 Å². The molecule has 3 rings (SSSR count). The number of rotatable bonds is 2. The zero-order valence-electron chi connectivity index (χ0n) is 13.9. The van der Waals surface area contributed by atoms with Crippen LogP contribution in [0.15, 0.2) is 36.4 Å². The van der Waals surface area contributed by atoms with Crippen molar-refractivity contribution in [3.8, 4) is 0 Å². The summed E-state index contributed by atoms with van der Waals surface area (Å²) in [4.78, 5) is 4.12. The summed E-state index contributed by atoms with van der Waals surface area (Å²) in [5.74, 6) is 0. The highest BCUT2D eigenvalue weighted by Crippen LogP contribution is 2.46. The van der Waals surface area contributed by atoms with Crippen molar-refractivity contribution in [1.82, 2.24) is 0 Å². The Labute approximate surface area is 132 Å².